The first-order chi connectivity index (χ1) is 14.6. The number of pyridine rings is 1. The van der Waals surface area contributed by atoms with Crippen molar-refractivity contribution in [2.75, 3.05) is 0 Å². The van der Waals surface area contributed by atoms with Gasteiger partial charge < -0.3 is 5.32 Å². The molecule has 31 heavy (non-hydrogen) atoms. The molecule has 1 N–H and O–H groups in total. The van der Waals surface area contributed by atoms with E-state index in [1.54, 1.807) is 16.8 Å². The fraction of sp³-hybridized carbons (Fsp3) is 0.318. The molecule has 0 unspecified atom stereocenters. The van der Waals surface area contributed by atoms with Crippen LogP contribution in [0.2, 0.25) is 0 Å². The van der Waals surface area contributed by atoms with E-state index in [0.717, 1.165) is 17.8 Å². The van der Waals surface area contributed by atoms with Gasteiger partial charge in [0.25, 0.3) is 5.91 Å². The first kappa shape index (κ1) is 21.0. The molecule has 0 fully saturated rings. The molecule has 4 rings (SSSR count). The molecule has 1 aliphatic rings. The number of nitrogens with one attached hydrogen (secondary N) is 1. The zero-order chi connectivity index (χ0) is 22.3. The number of hydrogen-bond acceptors (Lipinski definition) is 3. The number of benzene rings is 1. The van der Waals surface area contributed by atoms with Crippen LogP contribution in [0, 0.1) is 5.82 Å². The summed E-state index contributed by atoms with van der Waals surface area (Å²) in [5.41, 5.74) is 1.31. The highest BCUT2D eigenvalue weighted by Crippen LogP contribution is 2.33. The predicted molar refractivity (Wildman–Crippen MR) is 106 cm³/mol. The van der Waals surface area contributed by atoms with Crippen LogP contribution < -0.4 is 5.32 Å². The number of hydrogen-bond donors (Lipinski definition) is 1. The number of carbonyl (C=O) groups is 1. The molecular weight excluding hydrogens is 412 g/mol. The summed E-state index contributed by atoms with van der Waals surface area (Å²) in [6.07, 6.45) is -2.86. The topological polar surface area (TPSA) is 59.8 Å². The van der Waals surface area contributed by atoms with Gasteiger partial charge in [-0.1, -0.05) is 13.8 Å². The third-order valence-electron chi connectivity index (χ3n) is 5.30. The van der Waals surface area contributed by atoms with Gasteiger partial charge in [-0.2, -0.15) is 18.3 Å². The Morgan fingerprint density at radius 3 is 2.68 bits per heavy atom. The van der Waals surface area contributed by atoms with Crippen LogP contribution in [-0.4, -0.2) is 20.7 Å². The quantitative estimate of drug-likeness (QED) is 0.584. The summed E-state index contributed by atoms with van der Waals surface area (Å²) < 4.78 is 54.5. The van der Waals surface area contributed by atoms with Gasteiger partial charge >= 0.3 is 6.18 Å². The second-order valence-corrected chi connectivity index (χ2v) is 7.85. The minimum absolute atomic E-state index is 0.0691. The summed E-state index contributed by atoms with van der Waals surface area (Å²) in [6.45, 7) is 4.34. The lowest BCUT2D eigenvalue weighted by Gasteiger charge is -2.14. The van der Waals surface area contributed by atoms with Crippen LogP contribution in [0.1, 0.15) is 59.5 Å². The molecule has 3 heterocycles. The second-order valence-electron chi connectivity index (χ2n) is 7.85. The van der Waals surface area contributed by atoms with E-state index in [0.29, 0.717) is 29.9 Å². The highest BCUT2D eigenvalue weighted by atomic mass is 19.4. The number of aromatic nitrogens is 3. The zero-order valence-electron chi connectivity index (χ0n) is 16.9. The van der Waals surface area contributed by atoms with Gasteiger partial charge in [0.05, 0.1) is 17.4 Å². The molecule has 5 nitrogen and oxygen atoms in total. The van der Waals surface area contributed by atoms with Crippen molar-refractivity contribution in [1.82, 2.24) is 20.1 Å². The summed E-state index contributed by atoms with van der Waals surface area (Å²) in [7, 11) is 0. The first-order valence-corrected chi connectivity index (χ1v) is 9.84. The van der Waals surface area contributed by atoms with Crippen molar-refractivity contribution in [2.45, 2.75) is 44.9 Å². The van der Waals surface area contributed by atoms with Crippen molar-refractivity contribution in [2.24, 2.45) is 0 Å². The van der Waals surface area contributed by atoms with Gasteiger partial charge in [-0.3, -0.25) is 14.5 Å². The normalized spacial score (nSPS) is 15.9. The lowest BCUT2D eigenvalue weighted by molar-refractivity contribution is -0.141. The minimum atomic E-state index is -4.55. The number of nitrogens with zero attached hydrogens (tertiary/aromatic N) is 3. The van der Waals surface area contributed by atoms with Gasteiger partial charge in [-0.25, -0.2) is 4.39 Å². The van der Waals surface area contributed by atoms with Crippen LogP contribution in [0.5, 0.6) is 0 Å². The standard InChI is InChI=1S/C22H20F4N4O/c1-12(2)14-7-15(9-16(23)8-14)21(31)28-17-4-6-30-19(17)11-18(29-30)13-3-5-27-20(10-13)22(24,25)26/h3,5,7-12,17H,4,6H2,1-2H3,(H,28,31)/t17-/m0/s1. The van der Waals surface area contributed by atoms with Gasteiger partial charge in [-0.05, 0) is 54.3 Å². The van der Waals surface area contributed by atoms with Crippen LogP contribution in [0.25, 0.3) is 11.3 Å². The van der Waals surface area contributed by atoms with Crippen molar-refractivity contribution in [3.05, 3.63) is 70.9 Å². The first-order valence-electron chi connectivity index (χ1n) is 9.84. The third kappa shape index (κ3) is 4.30. The van der Waals surface area contributed by atoms with E-state index in [9.17, 15) is 22.4 Å². The van der Waals surface area contributed by atoms with Crippen molar-refractivity contribution in [3.63, 3.8) is 0 Å². The van der Waals surface area contributed by atoms with Gasteiger partial charge in [0.1, 0.15) is 11.5 Å². The smallest absolute Gasteiger partial charge is 0.344 e. The summed E-state index contributed by atoms with van der Waals surface area (Å²) in [5.74, 6) is -0.821. The highest BCUT2D eigenvalue weighted by molar-refractivity contribution is 5.94. The molecule has 3 aromatic rings. The predicted octanol–water partition coefficient (Wildman–Crippen LogP) is 5.10. The Balaban J connectivity index is 1.57. The molecule has 0 spiro atoms. The van der Waals surface area contributed by atoms with E-state index < -0.39 is 23.6 Å². The number of halogens is 4. The van der Waals surface area contributed by atoms with E-state index in [2.05, 4.69) is 15.4 Å². The number of fused-ring (bicyclic) bond motifs is 1. The van der Waals surface area contributed by atoms with Crippen LogP contribution in [-0.2, 0) is 12.7 Å². The number of amides is 1. The highest BCUT2D eigenvalue weighted by Gasteiger charge is 2.33. The maximum Gasteiger partial charge on any atom is 0.433 e. The molecule has 1 atom stereocenters. The van der Waals surface area contributed by atoms with Crippen LogP contribution in [0.15, 0.2) is 42.6 Å². The zero-order valence-corrected chi connectivity index (χ0v) is 16.9. The Morgan fingerprint density at radius 2 is 1.97 bits per heavy atom. The molecule has 0 bridgehead atoms. The van der Waals surface area contributed by atoms with Crippen molar-refractivity contribution < 1.29 is 22.4 Å². The Morgan fingerprint density at radius 1 is 1.19 bits per heavy atom. The molecule has 1 amide bonds. The summed E-state index contributed by atoms with van der Waals surface area (Å²) in [4.78, 5) is 16.1. The summed E-state index contributed by atoms with van der Waals surface area (Å²) >= 11 is 0. The second kappa shape index (κ2) is 7.79. The Labute approximate surface area is 176 Å². The van der Waals surface area contributed by atoms with Crippen molar-refractivity contribution in [1.29, 1.82) is 0 Å². The SMILES string of the molecule is CC(C)c1cc(F)cc(C(=O)N[C@H]2CCn3nc(-c4ccnc(C(F)(F)F)c4)cc32)c1. The van der Waals surface area contributed by atoms with Crippen LogP contribution >= 0.6 is 0 Å². The van der Waals surface area contributed by atoms with Crippen molar-refractivity contribution >= 4 is 5.91 Å². The fourth-order valence-corrected chi connectivity index (χ4v) is 3.64. The van der Waals surface area contributed by atoms with E-state index in [-0.39, 0.29) is 17.5 Å². The summed E-state index contributed by atoms with van der Waals surface area (Å²) in [5, 5.41) is 7.26. The largest absolute Gasteiger partial charge is 0.433 e. The van der Waals surface area contributed by atoms with E-state index >= 15 is 0 Å². The van der Waals surface area contributed by atoms with Gasteiger partial charge in [0.2, 0.25) is 0 Å². The average Bonchev–Trinajstić information content (AvgIpc) is 3.29. The molecule has 0 saturated carbocycles. The molecule has 1 aromatic carbocycles. The molecular formula is C22H20F4N4O. The number of rotatable bonds is 4. The Kier molecular flexibility index (Phi) is 5.28. The maximum absolute atomic E-state index is 13.9. The molecule has 2 aromatic heterocycles. The third-order valence-corrected chi connectivity index (χ3v) is 5.30. The molecule has 162 valence electrons. The molecule has 0 saturated heterocycles. The molecule has 9 heteroatoms. The van der Waals surface area contributed by atoms with Crippen LogP contribution in [0.3, 0.4) is 0 Å². The lowest BCUT2D eigenvalue weighted by Crippen LogP contribution is -2.27. The maximum atomic E-state index is 13.9. The average molecular weight is 432 g/mol. The van der Waals surface area contributed by atoms with E-state index in [1.807, 2.05) is 13.8 Å². The monoisotopic (exact) mass is 432 g/mol. The fourth-order valence-electron chi connectivity index (χ4n) is 3.64. The minimum Gasteiger partial charge on any atom is -0.344 e. The molecule has 0 aliphatic carbocycles. The molecule has 1 aliphatic heterocycles. The number of aryl methyl sites for hydroxylation is 1. The van der Waals surface area contributed by atoms with Gasteiger partial charge in [-0.15, -0.1) is 0 Å². The number of carbonyl (C=O) groups excluding carboxylic acids is 1. The van der Waals surface area contributed by atoms with E-state index in [4.69, 9.17) is 0 Å². The van der Waals surface area contributed by atoms with Gasteiger partial charge in [0, 0.05) is 23.9 Å². The Hall–Kier alpha value is -3.23. The van der Waals surface area contributed by atoms with Crippen LogP contribution in [0.4, 0.5) is 17.6 Å². The Bertz CT molecular complexity index is 1140. The van der Waals surface area contributed by atoms with Gasteiger partial charge in [0.15, 0.2) is 0 Å². The van der Waals surface area contributed by atoms with E-state index in [1.165, 1.54) is 18.2 Å². The molecule has 0 radical (unpaired) electrons. The number of alkyl halides is 3. The summed E-state index contributed by atoms with van der Waals surface area (Å²) in [6, 6.07) is 7.96. The lowest BCUT2D eigenvalue weighted by atomic mass is 10.00. The van der Waals surface area contributed by atoms with Crippen molar-refractivity contribution in [3.8, 4) is 11.3 Å².